The van der Waals surface area contributed by atoms with Crippen LogP contribution in [-0.4, -0.2) is 17.6 Å². The van der Waals surface area contributed by atoms with Crippen LogP contribution in [0.2, 0.25) is 0 Å². The number of halogens is 1. The van der Waals surface area contributed by atoms with Crippen molar-refractivity contribution in [3.05, 3.63) is 82.4 Å². The van der Waals surface area contributed by atoms with Crippen LogP contribution >= 0.6 is 0 Å². The summed E-state index contributed by atoms with van der Waals surface area (Å²) in [5.41, 5.74) is 5.30. The molecule has 0 aliphatic carbocycles. The SMILES string of the molecule is COc1ccc(NC(=O)c2c(C)c(C)c(C)n2Cc2ccc(F)cc2)cc1. The molecule has 1 heterocycles. The molecule has 2 aromatic carbocycles. The predicted molar refractivity (Wildman–Crippen MR) is 105 cm³/mol. The van der Waals surface area contributed by atoms with Crippen molar-refractivity contribution in [3.63, 3.8) is 0 Å². The van der Waals surface area contributed by atoms with Crippen molar-refractivity contribution in [3.8, 4) is 5.75 Å². The van der Waals surface area contributed by atoms with Gasteiger partial charge in [-0.05, 0) is 73.9 Å². The Morgan fingerprint density at radius 3 is 2.22 bits per heavy atom. The van der Waals surface area contributed by atoms with Crippen molar-refractivity contribution in [1.82, 2.24) is 4.57 Å². The highest BCUT2D eigenvalue weighted by Gasteiger charge is 2.21. The zero-order chi connectivity index (χ0) is 19.6. The van der Waals surface area contributed by atoms with E-state index in [0.717, 1.165) is 28.1 Å². The van der Waals surface area contributed by atoms with E-state index in [2.05, 4.69) is 5.32 Å². The first-order valence-corrected chi connectivity index (χ1v) is 8.77. The number of rotatable bonds is 5. The Labute approximate surface area is 158 Å². The summed E-state index contributed by atoms with van der Waals surface area (Å²) in [5.74, 6) is 0.291. The van der Waals surface area contributed by atoms with Gasteiger partial charge in [-0.25, -0.2) is 4.39 Å². The van der Waals surface area contributed by atoms with E-state index in [9.17, 15) is 9.18 Å². The van der Waals surface area contributed by atoms with Gasteiger partial charge < -0.3 is 14.6 Å². The third-order valence-electron chi connectivity index (χ3n) is 4.95. The summed E-state index contributed by atoms with van der Waals surface area (Å²) in [6.07, 6.45) is 0. The van der Waals surface area contributed by atoms with E-state index in [4.69, 9.17) is 4.74 Å². The van der Waals surface area contributed by atoms with E-state index in [1.54, 1.807) is 43.5 Å². The standard InChI is InChI=1S/C22H23FN2O2/c1-14-15(2)21(22(26)24-19-9-11-20(27-4)12-10-19)25(16(14)3)13-17-5-7-18(23)8-6-17/h5-12H,13H2,1-4H3,(H,24,26). The van der Waals surface area contributed by atoms with Crippen molar-refractivity contribution in [2.24, 2.45) is 0 Å². The lowest BCUT2D eigenvalue weighted by molar-refractivity contribution is 0.101. The molecule has 0 unspecified atom stereocenters. The number of nitrogens with zero attached hydrogens (tertiary/aromatic N) is 1. The van der Waals surface area contributed by atoms with Crippen LogP contribution in [0.3, 0.4) is 0 Å². The molecule has 0 saturated heterocycles. The molecule has 0 spiro atoms. The minimum absolute atomic E-state index is 0.170. The molecule has 0 bridgehead atoms. The molecule has 27 heavy (non-hydrogen) atoms. The molecule has 1 amide bonds. The summed E-state index contributed by atoms with van der Waals surface area (Å²) in [4.78, 5) is 13.0. The normalized spacial score (nSPS) is 10.7. The van der Waals surface area contributed by atoms with Crippen LogP contribution < -0.4 is 10.1 Å². The van der Waals surface area contributed by atoms with Gasteiger partial charge >= 0.3 is 0 Å². The van der Waals surface area contributed by atoms with Gasteiger partial charge in [0.15, 0.2) is 0 Å². The minimum Gasteiger partial charge on any atom is -0.497 e. The van der Waals surface area contributed by atoms with Crippen LogP contribution in [0.15, 0.2) is 48.5 Å². The molecule has 4 nitrogen and oxygen atoms in total. The van der Waals surface area contributed by atoms with Crippen LogP contribution in [0, 0.1) is 26.6 Å². The minimum atomic E-state index is -0.271. The largest absolute Gasteiger partial charge is 0.497 e. The van der Waals surface area contributed by atoms with Gasteiger partial charge in [-0.1, -0.05) is 12.1 Å². The highest BCUT2D eigenvalue weighted by molar-refractivity contribution is 6.04. The number of aromatic nitrogens is 1. The third-order valence-corrected chi connectivity index (χ3v) is 4.95. The van der Waals surface area contributed by atoms with Gasteiger partial charge in [-0.2, -0.15) is 0 Å². The van der Waals surface area contributed by atoms with Crippen molar-refractivity contribution in [2.75, 3.05) is 12.4 Å². The van der Waals surface area contributed by atoms with Crippen molar-refractivity contribution in [2.45, 2.75) is 27.3 Å². The van der Waals surface area contributed by atoms with Crippen LogP contribution in [0.4, 0.5) is 10.1 Å². The molecule has 1 N–H and O–H groups in total. The smallest absolute Gasteiger partial charge is 0.272 e. The van der Waals surface area contributed by atoms with E-state index in [1.165, 1.54) is 12.1 Å². The highest BCUT2D eigenvalue weighted by atomic mass is 19.1. The van der Waals surface area contributed by atoms with E-state index in [0.29, 0.717) is 17.9 Å². The molecule has 0 radical (unpaired) electrons. The van der Waals surface area contributed by atoms with Crippen LogP contribution in [-0.2, 0) is 6.54 Å². The summed E-state index contributed by atoms with van der Waals surface area (Å²) >= 11 is 0. The van der Waals surface area contributed by atoms with Gasteiger partial charge in [0.05, 0.1) is 7.11 Å². The fourth-order valence-electron chi connectivity index (χ4n) is 3.15. The molecule has 0 saturated carbocycles. The quantitative estimate of drug-likeness (QED) is 0.701. The number of hydrogen-bond donors (Lipinski definition) is 1. The van der Waals surface area contributed by atoms with E-state index in [-0.39, 0.29) is 11.7 Å². The van der Waals surface area contributed by atoms with Crippen molar-refractivity contribution < 1.29 is 13.9 Å². The Morgan fingerprint density at radius 1 is 1.00 bits per heavy atom. The monoisotopic (exact) mass is 366 g/mol. The van der Waals surface area contributed by atoms with Crippen molar-refractivity contribution in [1.29, 1.82) is 0 Å². The first kappa shape index (κ1) is 18.7. The first-order valence-electron chi connectivity index (χ1n) is 8.77. The van der Waals surface area contributed by atoms with E-state index < -0.39 is 0 Å². The Kier molecular flexibility index (Phi) is 5.31. The number of benzene rings is 2. The molecule has 3 rings (SSSR count). The Bertz CT molecular complexity index is 957. The summed E-state index contributed by atoms with van der Waals surface area (Å²) in [7, 11) is 1.60. The maximum atomic E-state index is 13.2. The lowest BCUT2D eigenvalue weighted by Crippen LogP contribution is -2.19. The fourth-order valence-corrected chi connectivity index (χ4v) is 3.15. The molecule has 0 atom stereocenters. The second-order valence-electron chi connectivity index (χ2n) is 6.58. The van der Waals surface area contributed by atoms with Gasteiger partial charge in [-0.15, -0.1) is 0 Å². The lowest BCUT2D eigenvalue weighted by Gasteiger charge is -2.13. The average molecular weight is 366 g/mol. The van der Waals surface area contributed by atoms with Gasteiger partial charge in [0.2, 0.25) is 0 Å². The molecular weight excluding hydrogens is 343 g/mol. The maximum Gasteiger partial charge on any atom is 0.272 e. The molecule has 0 fully saturated rings. The van der Waals surface area contributed by atoms with Gasteiger partial charge in [-0.3, -0.25) is 4.79 Å². The molecule has 3 aromatic rings. The number of methoxy groups -OCH3 is 1. The van der Waals surface area contributed by atoms with E-state index in [1.807, 2.05) is 25.3 Å². The molecule has 5 heteroatoms. The highest BCUT2D eigenvalue weighted by Crippen LogP contribution is 2.24. The topological polar surface area (TPSA) is 43.3 Å². The Balaban J connectivity index is 1.92. The third kappa shape index (κ3) is 3.87. The average Bonchev–Trinajstić information content (AvgIpc) is 2.88. The number of ether oxygens (including phenoxy) is 1. The number of carbonyl (C=O) groups excluding carboxylic acids is 1. The van der Waals surface area contributed by atoms with Crippen LogP contribution in [0.5, 0.6) is 5.75 Å². The number of hydrogen-bond acceptors (Lipinski definition) is 2. The number of nitrogens with one attached hydrogen (secondary N) is 1. The summed E-state index contributed by atoms with van der Waals surface area (Å²) in [6.45, 7) is 6.46. The van der Waals surface area contributed by atoms with Crippen LogP contribution in [0.25, 0.3) is 0 Å². The molecule has 140 valence electrons. The fraction of sp³-hybridized carbons (Fsp3) is 0.227. The number of anilines is 1. The van der Waals surface area contributed by atoms with E-state index >= 15 is 0 Å². The van der Waals surface area contributed by atoms with Crippen molar-refractivity contribution >= 4 is 11.6 Å². The molecular formula is C22H23FN2O2. The maximum absolute atomic E-state index is 13.2. The van der Waals surface area contributed by atoms with Gasteiger partial charge in [0.1, 0.15) is 17.3 Å². The van der Waals surface area contributed by atoms with Gasteiger partial charge in [0.25, 0.3) is 5.91 Å². The molecule has 0 aliphatic heterocycles. The summed E-state index contributed by atoms with van der Waals surface area (Å²) in [5, 5.41) is 2.95. The summed E-state index contributed by atoms with van der Waals surface area (Å²) < 4.78 is 20.3. The number of amides is 1. The second kappa shape index (κ2) is 7.66. The Hall–Kier alpha value is -3.08. The molecule has 0 aliphatic rings. The number of carbonyl (C=O) groups is 1. The van der Waals surface area contributed by atoms with Gasteiger partial charge in [0, 0.05) is 17.9 Å². The van der Waals surface area contributed by atoms with Crippen LogP contribution in [0.1, 0.15) is 32.9 Å². The predicted octanol–water partition coefficient (Wildman–Crippen LogP) is 4.86. The zero-order valence-electron chi connectivity index (χ0n) is 16.0. The molecule has 1 aromatic heterocycles. The summed E-state index contributed by atoms with van der Waals surface area (Å²) in [6, 6.07) is 13.6. The second-order valence-corrected chi connectivity index (χ2v) is 6.58. The first-order chi connectivity index (χ1) is 12.9. The zero-order valence-corrected chi connectivity index (χ0v) is 16.0. The Morgan fingerprint density at radius 2 is 1.63 bits per heavy atom. The lowest BCUT2D eigenvalue weighted by atomic mass is 10.1.